The molecule has 0 aromatic heterocycles. The molecule has 6 nitrogen and oxygen atoms in total. The molecule has 0 aliphatic heterocycles. The first-order valence-corrected chi connectivity index (χ1v) is 7.44. The Morgan fingerprint density at radius 3 is 2.52 bits per heavy atom. The summed E-state index contributed by atoms with van der Waals surface area (Å²) >= 11 is 0. The van der Waals surface area contributed by atoms with E-state index in [9.17, 15) is 9.59 Å². The van der Waals surface area contributed by atoms with E-state index in [-0.39, 0.29) is 36.0 Å². The minimum absolute atomic E-state index is 0.00254. The second-order valence-electron chi connectivity index (χ2n) is 7.17. The van der Waals surface area contributed by atoms with E-state index >= 15 is 0 Å². The molecule has 0 heterocycles. The third-order valence-corrected chi connectivity index (χ3v) is 3.83. The molecule has 2 amide bonds. The van der Waals surface area contributed by atoms with Gasteiger partial charge in [0.25, 0.3) is 0 Å². The molecule has 1 rings (SSSR count). The van der Waals surface area contributed by atoms with Crippen LogP contribution in [0.1, 0.15) is 47.0 Å². The van der Waals surface area contributed by atoms with Crippen molar-refractivity contribution in [3.63, 3.8) is 0 Å². The number of aliphatic hydroxyl groups is 1. The smallest absolute Gasteiger partial charge is 0.407 e. The zero-order valence-corrected chi connectivity index (χ0v) is 13.5. The maximum atomic E-state index is 11.5. The van der Waals surface area contributed by atoms with E-state index in [1.807, 2.05) is 0 Å². The Morgan fingerprint density at radius 2 is 1.95 bits per heavy atom. The summed E-state index contributed by atoms with van der Waals surface area (Å²) in [5.41, 5.74) is 0.0178. The molecule has 2 atom stereocenters. The van der Waals surface area contributed by atoms with Gasteiger partial charge in [0.1, 0.15) is 6.61 Å². The zero-order chi connectivity index (χ0) is 16.1. The molecule has 2 unspecified atom stereocenters. The summed E-state index contributed by atoms with van der Waals surface area (Å²) in [4.78, 5) is 22.8. The molecule has 21 heavy (non-hydrogen) atoms. The molecule has 3 N–H and O–H groups in total. The van der Waals surface area contributed by atoms with Gasteiger partial charge in [-0.3, -0.25) is 4.79 Å². The van der Waals surface area contributed by atoms with Crippen LogP contribution in [-0.2, 0) is 9.53 Å². The number of carbonyl (C=O) groups is 2. The first kappa shape index (κ1) is 17.8. The number of amides is 2. The van der Waals surface area contributed by atoms with Crippen molar-refractivity contribution in [1.29, 1.82) is 0 Å². The first-order valence-electron chi connectivity index (χ1n) is 7.44. The molecule has 1 fully saturated rings. The van der Waals surface area contributed by atoms with Crippen molar-refractivity contribution < 1.29 is 19.4 Å². The van der Waals surface area contributed by atoms with E-state index in [4.69, 9.17) is 9.84 Å². The van der Waals surface area contributed by atoms with Crippen molar-refractivity contribution in [2.24, 2.45) is 10.8 Å². The maximum Gasteiger partial charge on any atom is 0.407 e. The number of nitrogens with one attached hydrogen (secondary N) is 2. The second-order valence-corrected chi connectivity index (χ2v) is 7.17. The fraction of sp³-hybridized carbons (Fsp3) is 0.867. The highest BCUT2D eigenvalue weighted by atomic mass is 16.6. The molecular formula is C15H28N2O4. The lowest BCUT2D eigenvalue weighted by Crippen LogP contribution is -2.50. The lowest BCUT2D eigenvalue weighted by molar-refractivity contribution is -0.120. The molecule has 1 aliphatic rings. The summed E-state index contributed by atoms with van der Waals surface area (Å²) in [6.45, 7) is 8.34. The van der Waals surface area contributed by atoms with Crippen LogP contribution < -0.4 is 10.6 Å². The second kappa shape index (κ2) is 7.11. The average Bonchev–Trinajstić information content (AvgIpc) is 2.30. The predicted octanol–water partition coefficient (Wildman–Crippen LogP) is 1.43. The summed E-state index contributed by atoms with van der Waals surface area (Å²) in [7, 11) is 0. The van der Waals surface area contributed by atoms with E-state index < -0.39 is 6.09 Å². The van der Waals surface area contributed by atoms with Crippen molar-refractivity contribution in [3.05, 3.63) is 0 Å². The van der Waals surface area contributed by atoms with Gasteiger partial charge >= 0.3 is 6.09 Å². The van der Waals surface area contributed by atoms with Crippen molar-refractivity contribution in [1.82, 2.24) is 10.6 Å². The fourth-order valence-corrected chi connectivity index (χ4v) is 3.63. The van der Waals surface area contributed by atoms with E-state index in [1.54, 1.807) is 0 Å². The highest BCUT2D eigenvalue weighted by Crippen LogP contribution is 2.45. The normalized spacial score (nSPS) is 27.8. The molecule has 0 spiro atoms. The minimum atomic E-state index is -0.510. The van der Waals surface area contributed by atoms with Gasteiger partial charge < -0.3 is 20.5 Å². The number of rotatable bonds is 5. The molecule has 0 aromatic rings. The third kappa shape index (κ3) is 6.33. The van der Waals surface area contributed by atoms with Gasteiger partial charge in [-0.1, -0.05) is 20.8 Å². The Morgan fingerprint density at radius 1 is 1.29 bits per heavy atom. The Balaban J connectivity index is 2.60. The molecule has 0 aromatic carbocycles. The van der Waals surface area contributed by atoms with Crippen molar-refractivity contribution in [2.75, 3.05) is 19.8 Å². The van der Waals surface area contributed by atoms with Gasteiger partial charge in [0, 0.05) is 19.5 Å². The standard InChI is InChI=1S/C15H28N2O4/c1-11(19)17-12-7-14(2,3)9-15(4,8-12)10-16-13(20)21-6-5-18/h12,18H,5-10H2,1-4H3,(H,16,20)(H,17,19). The van der Waals surface area contributed by atoms with E-state index in [0.717, 1.165) is 19.3 Å². The van der Waals surface area contributed by atoms with E-state index in [0.29, 0.717) is 6.54 Å². The summed E-state index contributed by atoms with van der Waals surface area (Å²) in [5.74, 6) is -0.0182. The Kier molecular flexibility index (Phi) is 6.01. The lowest BCUT2D eigenvalue weighted by Gasteiger charge is -2.46. The van der Waals surface area contributed by atoms with Crippen LogP contribution in [0.25, 0.3) is 0 Å². The monoisotopic (exact) mass is 300 g/mol. The molecule has 6 heteroatoms. The number of carbonyl (C=O) groups excluding carboxylic acids is 2. The van der Waals surface area contributed by atoms with Crippen LogP contribution in [0.5, 0.6) is 0 Å². The van der Waals surface area contributed by atoms with Crippen molar-refractivity contribution in [3.8, 4) is 0 Å². The Bertz CT molecular complexity index is 384. The predicted molar refractivity (Wildman–Crippen MR) is 79.8 cm³/mol. The number of hydrogen-bond donors (Lipinski definition) is 3. The van der Waals surface area contributed by atoms with E-state index in [1.165, 1.54) is 6.92 Å². The van der Waals surface area contributed by atoms with Gasteiger partial charge in [0.05, 0.1) is 6.61 Å². The number of alkyl carbamates (subject to hydrolysis) is 1. The molecule has 1 aliphatic carbocycles. The maximum absolute atomic E-state index is 11.5. The molecule has 122 valence electrons. The Labute approximate surface area is 126 Å². The van der Waals surface area contributed by atoms with Crippen LogP contribution in [0.3, 0.4) is 0 Å². The van der Waals surface area contributed by atoms with Crippen molar-refractivity contribution >= 4 is 12.0 Å². The van der Waals surface area contributed by atoms with Crippen molar-refractivity contribution in [2.45, 2.75) is 53.0 Å². The van der Waals surface area contributed by atoms with E-state index in [2.05, 4.69) is 31.4 Å². The molecule has 0 radical (unpaired) electrons. The van der Waals surface area contributed by atoms with Crippen LogP contribution in [0.15, 0.2) is 0 Å². The first-order chi connectivity index (χ1) is 9.66. The highest BCUT2D eigenvalue weighted by Gasteiger charge is 2.41. The molecular weight excluding hydrogens is 272 g/mol. The van der Waals surface area contributed by atoms with Gasteiger partial charge in [-0.05, 0) is 30.1 Å². The Hall–Kier alpha value is -1.30. The summed E-state index contributed by atoms with van der Waals surface area (Å²) in [6, 6.07) is 0.131. The number of ether oxygens (including phenoxy) is 1. The minimum Gasteiger partial charge on any atom is -0.447 e. The zero-order valence-electron chi connectivity index (χ0n) is 13.5. The van der Waals surface area contributed by atoms with Crippen LogP contribution in [-0.4, -0.2) is 42.9 Å². The van der Waals surface area contributed by atoms with Crippen LogP contribution in [0.2, 0.25) is 0 Å². The van der Waals surface area contributed by atoms with Gasteiger partial charge in [-0.15, -0.1) is 0 Å². The van der Waals surface area contributed by atoms with Gasteiger partial charge in [0.2, 0.25) is 5.91 Å². The lowest BCUT2D eigenvalue weighted by atomic mass is 9.62. The van der Waals surface area contributed by atoms with Crippen LogP contribution >= 0.6 is 0 Å². The van der Waals surface area contributed by atoms with Crippen LogP contribution in [0, 0.1) is 10.8 Å². The quantitative estimate of drug-likeness (QED) is 0.716. The topological polar surface area (TPSA) is 87.7 Å². The van der Waals surface area contributed by atoms with Crippen LogP contribution in [0.4, 0.5) is 4.79 Å². The van der Waals surface area contributed by atoms with Gasteiger partial charge in [0.15, 0.2) is 0 Å². The molecule has 1 saturated carbocycles. The summed E-state index contributed by atoms with van der Waals surface area (Å²) in [6.07, 6.45) is 2.23. The highest BCUT2D eigenvalue weighted by molar-refractivity contribution is 5.73. The number of hydrogen-bond acceptors (Lipinski definition) is 4. The van der Waals surface area contributed by atoms with Gasteiger partial charge in [-0.2, -0.15) is 0 Å². The van der Waals surface area contributed by atoms with Gasteiger partial charge in [-0.25, -0.2) is 4.79 Å². The fourth-order valence-electron chi connectivity index (χ4n) is 3.63. The molecule has 0 saturated heterocycles. The summed E-state index contributed by atoms with van der Waals surface area (Å²) < 4.78 is 4.80. The summed E-state index contributed by atoms with van der Waals surface area (Å²) in [5, 5.41) is 14.4. The molecule has 0 bridgehead atoms. The third-order valence-electron chi connectivity index (χ3n) is 3.83. The largest absolute Gasteiger partial charge is 0.447 e. The number of aliphatic hydroxyl groups excluding tert-OH is 1. The average molecular weight is 300 g/mol. The SMILES string of the molecule is CC(=O)NC1CC(C)(C)CC(C)(CNC(=O)OCCO)C1.